The van der Waals surface area contributed by atoms with Gasteiger partial charge in [0.2, 0.25) is 0 Å². The highest BCUT2D eigenvalue weighted by atomic mass is 19.4. The minimum atomic E-state index is -4.57. The number of carbonyl (C=O) groups excluding carboxylic acids is 1. The Labute approximate surface area is 192 Å². The van der Waals surface area contributed by atoms with E-state index in [4.69, 9.17) is 0 Å². The molecule has 176 valence electrons. The Bertz CT molecular complexity index is 1190. The fourth-order valence-electron chi connectivity index (χ4n) is 4.83. The largest absolute Gasteiger partial charge is 0.434 e. The van der Waals surface area contributed by atoms with Gasteiger partial charge in [0.1, 0.15) is 11.6 Å². The van der Waals surface area contributed by atoms with Crippen LogP contribution in [0.1, 0.15) is 35.3 Å². The zero-order chi connectivity index (χ0) is 23.9. The molecule has 0 radical (unpaired) electrons. The molecule has 3 aliphatic rings. The minimum absolute atomic E-state index is 0.0488. The summed E-state index contributed by atoms with van der Waals surface area (Å²) in [6.45, 7) is 0.520. The molecule has 1 aliphatic carbocycles. The third-order valence-electron chi connectivity index (χ3n) is 6.35. The number of alkyl halides is 3. The third-order valence-corrected chi connectivity index (χ3v) is 6.35. The third kappa shape index (κ3) is 4.17. The maximum Gasteiger partial charge on any atom is 0.434 e. The highest BCUT2D eigenvalue weighted by Crippen LogP contribution is 2.38. The number of nitrogens with one attached hydrogen (secondary N) is 1. The molecular formula is C23H20F4N6O. The topological polar surface area (TPSA) is 83.9 Å². The van der Waals surface area contributed by atoms with Crippen LogP contribution >= 0.6 is 0 Å². The maximum atomic E-state index is 14.8. The molecule has 1 aromatic carbocycles. The predicted molar refractivity (Wildman–Crippen MR) is 114 cm³/mol. The molecule has 1 N–H and O–H groups in total. The van der Waals surface area contributed by atoms with E-state index in [9.17, 15) is 22.4 Å². The summed E-state index contributed by atoms with van der Waals surface area (Å²) in [5, 5.41) is 3.15. The normalized spacial score (nSPS) is 22.0. The Morgan fingerprint density at radius 3 is 2.50 bits per heavy atom. The summed E-state index contributed by atoms with van der Waals surface area (Å²) in [5.41, 5.74) is -0.846. The lowest BCUT2D eigenvalue weighted by atomic mass is 9.76. The van der Waals surface area contributed by atoms with E-state index >= 15 is 0 Å². The summed E-state index contributed by atoms with van der Waals surface area (Å²) in [4.78, 5) is 30.9. The number of rotatable bonds is 4. The van der Waals surface area contributed by atoms with Gasteiger partial charge in [-0.05, 0) is 43.4 Å². The van der Waals surface area contributed by atoms with Gasteiger partial charge in [0.25, 0.3) is 5.91 Å². The van der Waals surface area contributed by atoms with Crippen LogP contribution in [-0.4, -0.2) is 49.4 Å². The molecule has 3 fully saturated rings. The van der Waals surface area contributed by atoms with Crippen LogP contribution in [-0.2, 0) is 6.18 Å². The van der Waals surface area contributed by atoms with E-state index in [1.807, 2.05) is 0 Å². The zero-order valence-corrected chi connectivity index (χ0v) is 17.8. The molecule has 3 atom stereocenters. The van der Waals surface area contributed by atoms with Crippen LogP contribution in [0, 0.1) is 11.7 Å². The Kier molecular flexibility index (Phi) is 5.62. The first kappa shape index (κ1) is 22.2. The summed E-state index contributed by atoms with van der Waals surface area (Å²) in [6, 6.07) is 5.46. The van der Waals surface area contributed by atoms with Gasteiger partial charge in [-0.1, -0.05) is 6.07 Å². The van der Waals surface area contributed by atoms with E-state index in [1.165, 1.54) is 24.5 Å². The summed E-state index contributed by atoms with van der Waals surface area (Å²) in [6.07, 6.45) is 2.53. The number of fused-ring (bicyclic) bond motifs is 3. The van der Waals surface area contributed by atoms with Crippen LogP contribution in [0.5, 0.6) is 0 Å². The Morgan fingerprint density at radius 1 is 1.03 bits per heavy atom. The van der Waals surface area contributed by atoms with E-state index in [0.29, 0.717) is 19.2 Å². The number of carbonyl (C=O) groups is 1. The Hall–Kier alpha value is -3.63. The predicted octanol–water partition coefficient (Wildman–Crippen LogP) is 4.20. The van der Waals surface area contributed by atoms with Crippen molar-refractivity contribution in [3.05, 3.63) is 66.1 Å². The van der Waals surface area contributed by atoms with Crippen molar-refractivity contribution in [3.8, 4) is 11.4 Å². The molecule has 2 aromatic heterocycles. The number of halogens is 4. The second-order valence-corrected chi connectivity index (χ2v) is 8.47. The van der Waals surface area contributed by atoms with Gasteiger partial charge in [-0.3, -0.25) is 4.79 Å². The highest BCUT2D eigenvalue weighted by Gasteiger charge is 2.44. The molecule has 1 amide bonds. The van der Waals surface area contributed by atoms with Crippen LogP contribution in [0.2, 0.25) is 0 Å². The molecule has 4 heterocycles. The number of benzene rings is 1. The van der Waals surface area contributed by atoms with Crippen molar-refractivity contribution in [3.63, 3.8) is 0 Å². The van der Waals surface area contributed by atoms with Gasteiger partial charge in [0.15, 0.2) is 11.5 Å². The Balaban J connectivity index is 1.40. The van der Waals surface area contributed by atoms with E-state index < -0.39 is 17.7 Å². The van der Waals surface area contributed by atoms with E-state index in [2.05, 4.69) is 25.3 Å². The smallest absolute Gasteiger partial charge is 0.364 e. The van der Waals surface area contributed by atoms with Crippen LogP contribution in [0.4, 0.5) is 23.4 Å². The maximum absolute atomic E-state index is 14.8. The number of amides is 1. The molecule has 2 aliphatic heterocycles. The fraction of sp³-hybridized carbons (Fsp3) is 0.348. The second kappa shape index (κ2) is 8.62. The van der Waals surface area contributed by atoms with Crippen molar-refractivity contribution in [2.24, 2.45) is 5.92 Å². The zero-order valence-electron chi connectivity index (χ0n) is 17.8. The van der Waals surface area contributed by atoms with Gasteiger partial charge in [-0.25, -0.2) is 24.3 Å². The van der Waals surface area contributed by atoms with Crippen LogP contribution in [0.25, 0.3) is 11.4 Å². The number of hydrogen-bond acceptors (Lipinski definition) is 6. The molecule has 1 saturated carbocycles. The summed E-state index contributed by atoms with van der Waals surface area (Å²) in [7, 11) is 0. The van der Waals surface area contributed by atoms with Gasteiger partial charge >= 0.3 is 6.18 Å². The first-order chi connectivity index (χ1) is 16.3. The molecule has 7 nitrogen and oxygen atoms in total. The van der Waals surface area contributed by atoms with Gasteiger partial charge in [-0.2, -0.15) is 13.2 Å². The number of aromatic nitrogens is 4. The first-order valence-electron chi connectivity index (χ1n) is 10.8. The number of piperidine rings is 2. The quantitative estimate of drug-likeness (QED) is 0.573. The van der Waals surface area contributed by atoms with Crippen molar-refractivity contribution in [2.45, 2.75) is 37.5 Å². The van der Waals surface area contributed by atoms with Crippen LogP contribution in [0.3, 0.4) is 0 Å². The highest BCUT2D eigenvalue weighted by molar-refractivity contribution is 6.00. The number of hydrogen-bond donors (Lipinski definition) is 1. The van der Waals surface area contributed by atoms with Crippen molar-refractivity contribution in [2.75, 3.05) is 11.9 Å². The number of anilines is 1. The van der Waals surface area contributed by atoms with E-state index in [-0.39, 0.29) is 46.7 Å². The Morgan fingerprint density at radius 2 is 1.82 bits per heavy atom. The lowest BCUT2D eigenvalue weighted by Crippen LogP contribution is -2.59. The molecule has 3 aromatic rings. The van der Waals surface area contributed by atoms with E-state index in [1.54, 1.807) is 17.0 Å². The lowest BCUT2D eigenvalue weighted by Gasteiger charge is -2.50. The average molecular weight is 472 g/mol. The van der Waals surface area contributed by atoms with Crippen molar-refractivity contribution in [1.29, 1.82) is 0 Å². The monoisotopic (exact) mass is 472 g/mol. The summed E-state index contributed by atoms with van der Waals surface area (Å²) in [5.74, 6) is -0.377. The molecule has 0 spiro atoms. The molecule has 2 bridgehead atoms. The van der Waals surface area contributed by atoms with Gasteiger partial charge in [-0.15, -0.1) is 0 Å². The van der Waals surface area contributed by atoms with Gasteiger partial charge in [0, 0.05) is 25.0 Å². The molecule has 6 rings (SSSR count). The fourth-order valence-corrected chi connectivity index (χ4v) is 4.83. The SMILES string of the molecule is O=C(c1cccc(F)c1-c1ncccn1)N1C[C@H]2CC[C@@H]1[C@@H](Nc1cnc(C(F)(F)F)cn1)C2. The first-order valence-corrected chi connectivity index (χ1v) is 10.8. The standard InChI is InChI=1S/C23H20F4N6O/c24-15-4-1-3-14(20(15)21-28-7-2-8-29-21)22(34)33-12-13-5-6-17(33)16(9-13)32-19-11-30-18(10-31-19)23(25,26)27/h1-4,7-8,10-11,13,16-17H,5-6,9,12H2,(H,31,32)/t13-,16-,17+/m0/s1. The lowest BCUT2D eigenvalue weighted by molar-refractivity contribution is -0.141. The van der Waals surface area contributed by atoms with Gasteiger partial charge in [0.05, 0.1) is 29.6 Å². The van der Waals surface area contributed by atoms with E-state index in [0.717, 1.165) is 19.0 Å². The van der Waals surface area contributed by atoms with Gasteiger partial charge < -0.3 is 10.2 Å². The van der Waals surface area contributed by atoms with Crippen molar-refractivity contribution in [1.82, 2.24) is 24.8 Å². The van der Waals surface area contributed by atoms with Crippen molar-refractivity contribution >= 4 is 11.7 Å². The minimum Gasteiger partial charge on any atom is -0.364 e. The van der Waals surface area contributed by atoms with Crippen molar-refractivity contribution < 1.29 is 22.4 Å². The molecule has 11 heteroatoms. The average Bonchev–Trinajstić information content (AvgIpc) is 2.84. The number of nitrogens with zero attached hydrogens (tertiary/aromatic N) is 5. The molecule has 2 saturated heterocycles. The summed E-state index contributed by atoms with van der Waals surface area (Å²) < 4.78 is 53.1. The van der Waals surface area contributed by atoms with Crippen LogP contribution in [0.15, 0.2) is 49.1 Å². The molecule has 0 unspecified atom stereocenters. The molecular weight excluding hydrogens is 452 g/mol. The van der Waals surface area contributed by atoms with Crippen LogP contribution < -0.4 is 5.32 Å². The molecule has 34 heavy (non-hydrogen) atoms. The second-order valence-electron chi connectivity index (χ2n) is 8.47. The summed E-state index contributed by atoms with van der Waals surface area (Å²) >= 11 is 0.